The van der Waals surface area contributed by atoms with Crippen LogP contribution in [0, 0.1) is 13.8 Å². The highest BCUT2D eigenvalue weighted by Crippen LogP contribution is 2.23. The van der Waals surface area contributed by atoms with E-state index in [4.69, 9.17) is 0 Å². The Hall–Kier alpha value is -1.94. The smallest absolute Gasteiger partial charge is 0.233 e. The molecule has 0 aliphatic carbocycles. The van der Waals surface area contributed by atoms with E-state index in [1.807, 2.05) is 32.9 Å². The molecule has 1 aliphatic heterocycles. The standard InChI is InChI=1S/C17H23N5O3S2/c1-4-21(14-7-8-27(24,25)11-14)16(23)10-26-17-18-19-20-22(17)15-6-5-12(2)9-13(15)3/h5-6,9,14H,4,7-8,10-11H2,1-3H3/t14-/m0/s1. The molecule has 2 aromatic rings. The van der Waals surface area contributed by atoms with Crippen LogP contribution in [0.4, 0.5) is 0 Å². The van der Waals surface area contributed by atoms with Gasteiger partial charge in [0.05, 0.1) is 22.9 Å². The van der Waals surface area contributed by atoms with E-state index < -0.39 is 9.84 Å². The molecule has 1 atom stereocenters. The van der Waals surface area contributed by atoms with Crippen molar-refractivity contribution < 1.29 is 13.2 Å². The molecule has 1 saturated heterocycles. The molecule has 0 saturated carbocycles. The first-order chi connectivity index (χ1) is 12.8. The Morgan fingerprint density at radius 2 is 2.15 bits per heavy atom. The van der Waals surface area contributed by atoms with Gasteiger partial charge in [-0.3, -0.25) is 4.79 Å². The third-order valence-corrected chi connectivity index (χ3v) is 7.31. The predicted octanol–water partition coefficient (Wildman–Crippen LogP) is 1.41. The third kappa shape index (κ3) is 4.49. The minimum Gasteiger partial charge on any atom is -0.338 e. The van der Waals surface area contributed by atoms with Crippen LogP contribution < -0.4 is 0 Å². The Kier molecular flexibility index (Phi) is 5.85. The Balaban J connectivity index is 1.70. The highest BCUT2D eigenvalue weighted by Gasteiger charge is 2.33. The summed E-state index contributed by atoms with van der Waals surface area (Å²) in [7, 11) is -3.03. The van der Waals surface area contributed by atoms with Gasteiger partial charge < -0.3 is 4.90 Å². The number of nitrogens with zero attached hydrogens (tertiary/aromatic N) is 5. The lowest BCUT2D eigenvalue weighted by Crippen LogP contribution is -2.42. The summed E-state index contributed by atoms with van der Waals surface area (Å²) in [6.45, 7) is 6.37. The Morgan fingerprint density at radius 1 is 1.37 bits per heavy atom. The summed E-state index contributed by atoms with van der Waals surface area (Å²) in [5, 5.41) is 12.4. The van der Waals surface area contributed by atoms with Crippen LogP contribution >= 0.6 is 11.8 Å². The highest BCUT2D eigenvalue weighted by molar-refractivity contribution is 7.99. The molecule has 146 valence electrons. The number of aryl methyl sites for hydroxylation is 2. The van der Waals surface area contributed by atoms with Crippen LogP contribution in [0.2, 0.25) is 0 Å². The number of amides is 1. The zero-order valence-electron chi connectivity index (χ0n) is 15.6. The lowest BCUT2D eigenvalue weighted by molar-refractivity contribution is -0.129. The van der Waals surface area contributed by atoms with Crippen molar-refractivity contribution >= 4 is 27.5 Å². The molecular weight excluding hydrogens is 386 g/mol. The van der Waals surface area contributed by atoms with E-state index in [0.717, 1.165) is 16.8 Å². The molecule has 2 heterocycles. The molecule has 8 nitrogen and oxygen atoms in total. The largest absolute Gasteiger partial charge is 0.338 e. The molecular formula is C17H23N5O3S2. The summed E-state index contributed by atoms with van der Waals surface area (Å²) in [5.74, 6) is 0.270. The van der Waals surface area contributed by atoms with Crippen LogP contribution in [0.3, 0.4) is 0 Å². The molecule has 1 amide bonds. The molecule has 0 spiro atoms. The van der Waals surface area contributed by atoms with Gasteiger partial charge in [-0.05, 0) is 49.2 Å². The second-order valence-electron chi connectivity index (χ2n) is 6.69. The average Bonchev–Trinajstić information content (AvgIpc) is 3.20. The number of rotatable bonds is 6. The minimum absolute atomic E-state index is 0.0531. The molecule has 1 fully saturated rings. The molecule has 0 unspecified atom stereocenters. The molecule has 0 radical (unpaired) electrons. The number of aromatic nitrogens is 4. The van der Waals surface area contributed by atoms with Gasteiger partial charge in [0, 0.05) is 12.6 Å². The molecule has 1 aromatic carbocycles. The molecule has 10 heteroatoms. The van der Waals surface area contributed by atoms with E-state index in [2.05, 4.69) is 21.6 Å². The fraction of sp³-hybridized carbons (Fsp3) is 0.529. The quantitative estimate of drug-likeness (QED) is 0.665. The Labute approximate surface area is 163 Å². The maximum Gasteiger partial charge on any atom is 0.233 e. The maximum atomic E-state index is 12.7. The molecule has 0 bridgehead atoms. The number of tetrazole rings is 1. The first-order valence-electron chi connectivity index (χ1n) is 8.79. The van der Waals surface area contributed by atoms with Crippen molar-refractivity contribution in [3.8, 4) is 5.69 Å². The Morgan fingerprint density at radius 3 is 2.78 bits per heavy atom. The first-order valence-corrected chi connectivity index (χ1v) is 11.6. The molecule has 1 aromatic heterocycles. The number of carbonyl (C=O) groups is 1. The minimum atomic E-state index is -3.03. The summed E-state index contributed by atoms with van der Waals surface area (Å²) in [4.78, 5) is 14.3. The van der Waals surface area contributed by atoms with Crippen molar-refractivity contribution in [3.63, 3.8) is 0 Å². The van der Waals surface area contributed by atoms with E-state index >= 15 is 0 Å². The van der Waals surface area contributed by atoms with Crippen LogP contribution in [-0.4, -0.2) is 69.3 Å². The van der Waals surface area contributed by atoms with Crippen molar-refractivity contribution in [2.24, 2.45) is 0 Å². The molecule has 3 rings (SSSR count). The summed E-state index contributed by atoms with van der Waals surface area (Å²) in [6.07, 6.45) is 0.507. The van der Waals surface area contributed by atoms with E-state index in [1.54, 1.807) is 9.58 Å². The average molecular weight is 410 g/mol. The van der Waals surface area contributed by atoms with Crippen molar-refractivity contribution in [1.82, 2.24) is 25.1 Å². The third-order valence-electron chi connectivity index (χ3n) is 4.66. The van der Waals surface area contributed by atoms with Crippen molar-refractivity contribution in [2.75, 3.05) is 23.8 Å². The van der Waals surface area contributed by atoms with Crippen LogP contribution in [0.15, 0.2) is 23.4 Å². The fourth-order valence-corrected chi connectivity index (χ4v) is 5.83. The van der Waals surface area contributed by atoms with Gasteiger partial charge in [0.15, 0.2) is 9.84 Å². The monoisotopic (exact) mass is 409 g/mol. The van der Waals surface area contributed by atoms with Crippen LogP contribution in [0.5, 0.6) is 0 Å². The zero-order valence-corrected chi connectivity index (χ0v) is 17.3. The molecule has 0 N–H and O–H groups in total. The van der Waals surface area contributed by atoms with E-state index in [1.165, 1.54) is 11.8 Å². The maximum absolute atomic E-state index is 12.7. The second-order valence-corrected chi connectivity index (χ2v) is 9.86. The van der Waals surface area contributed by atoms with E-state index in [0.29, 0.717) is 18.1 Å². The molecule has 27 heavy (non-hydrogen) atoms. The van der Waals surface area contributed by atoms with Crippen LogP contribution in [-0.2, 0) is 14.6 Å². The van der Waals surface area contributed by atoms with Gasteiger partial charge in [-0.1, -0.05) is 29.5 Å². The molecule has 1 aliphatic rings. The number of sulfone groups is 1. The normalized spacial score (nSPS) is 18.6. The lowest BCUT2D eigenvalue weighted by Gasteiger charge is -2.26. The number of carbonyl (C=O) groups excluding carboxylic acids is 1. The SMILES string of the molecule is CCN(C(=O)CSc1nnnn1-c1ccc(C)cc1C)[C@H]1CCS(=O)(=O)C1. The fourth-order valence-electron chi connectivity index (χ4n) is 3.33. The number of hydrogen-bond donors (Lipinski definition) is 0. The van der Waals surface area contributed by atoms with Crippen molar-refractivity contribution in [2.45, 2.75) is 38.4 Å². The van der Waals surface area contributed by atoms with E-state index in [-0.39, 0.29) is 29.2 Å². The Bertz CT molecular complexity index is 942. The van der Waals surface area contributed by atoms with Crippen LogP contribution in [0.25, 0.3) is 5.69 Å². The number of thioether (sulfide) groups is 1. The van der Waals surface area contributed by atoms with Gasteiger partial charge in [0.25, 0.3) is 0 Å². The summed E-state index contributed by atoms with van der Waals surface area (Å²) >= 11 is 1.26. The van der Waals surface area contributed by atoms with Crippen molar-refractivity contribution in [1.29, 1.82) is 0 Å². The summed E-state index contributed by atoms with van der Waals surface area (Å²) in [5.41, 5.74) is 3.07. The van der Waals surface area contributed by atoms with Gasteiger partial charge >= 0.3 is 0 Å². The predicted molar refractivity (Wildman–Crippen MR) is 104 cm³/mol. The van der Waals surface area contributed by atoms with Gasteiger partial charge in [-0.15, -0.1) is 5.10 Å². The first kappa shape index (κ1) is 19.8. The summed E-state index contributed by atoms with van der Waals surface area (Å²) < 4.78 is 25.1. The van der Waals surface area contributed by atoms with Gasteiger partial charge in [0.1, 0.15) is 0 Å². The van der Waals surface area contributed by atoms with Gasteiger partial charge in [-0.25, -0.2) is 8.42 Å². The van der Waals surface area contributed by atoms with Gasteiger partial charge in [0.2, 0.25) is 11.1 Å². The lowest BCUT2D eigenvalue weighted by atomic mass is 10.1. The summed E-state index contributed by atoms with van der Waals surface area (Å²) in [6, 6.07) is 5.76. The van der Waals surface area contributed by atoms with E-state index in [9.17, 15) is 13.2 Å². The van der Waals surface area contributed by atoms with Crippen molar-refractivity contribution in [3.05, 3.63) is 29.3 Å². The second kappa shape index (κ2) is 7.97. The number of benzene rings is 1. The van der Waals surface area contributed by atoms with Gasteiger partial charge in [-0.2, -0.15) is 4.68 Å². The topological polar surface area (TPSA) is 98.1 Å². The highest BCUT2D eigenvalue weighted by atomic mass is 32.2. The number of hydrogen-bond acceptors (Lipinski definition) is 7. The van der Waals surface area contributed by atoms with Crippen LogP contribution in [0.1, 0.15) is 24.5 Å². The zero-order chi connectivity index (χ0) is 19.6.